The van der Waals surface area contributed by atoms with E-state index in [1.165, 1.54) is 25.6 Å². The molecule has 1 aromatic carbocycles. The van der Waals surface area contributed by atoms with Crippen LogP contribution in [0.15, 0.2) is 24.3 Å². The summed E-state index contributed by atoms with van der Waals surface area (Å²) >= 11 is 0. The molecule has 2 rings (SSSR count). The third-order valence-corrected chi connectivity index (χ3v) is 4.07. The molecule has 0 saturated carbocycles. The van der Waals surface area contributed by atoms with Gasteiger partial charge in [-0.05, 0) is 43.4 Å². The van der Waals surface area contributed by atoms with Crippen LogP contribution in [0.5, 0.6) is 0 Å². The third-order valence-electron chi connectivity index (χ3n) is 4.07. The van der Waals surface area contributed by atoms with Crippen LogP contribution in [0.25, 0.3) is 0 Å². The summed E-state index contributed by atoms with van der Waals surface area (Å²) in [5.41, 5.74) is 2.40. The Kier molecular flexibility index (Phi) is 5.62. The lowest BCUT2D eigenvalue weighted by molar-refractivity contribution is -0.125. The molecule has 1 aliphatic rings. The van der Waals surface area contributed by atoms with Crippen molar-refractivity contribution in [2.45, 2.75) is 32.7 Å². The van der Waals surface area contributed by atoms with Crippen LogP contribution in [0.3, 0.4) is 0 Å². The van der Waals surface area contributed by atoms with E-state index in [1.54, 1.807) is 0 Å². The zero-order valence-electron chi connectivity index (χ0n) is 13.3. The fraction of sp³-hybridized carbons (Fsp3) is 0.588. The highest BCUT2D eigenvalue weighted by atomic mass is 16.5. The summed E-state index contributed by atoms with van der Waals surface area (Å²) in [7, 11) is 1.53. The molecule has 0 bridgehead atoms. The molecule has 1 fully saturated rings. The lowest BCUT2D eigenvalue weighted by atomic mass is 9.99. The summed E-state index contributed by atoms with van der Waals surface area (Å²) in [6.07, 6.45) is 2.60. The molecule has 1 N–H and O–H groups in total. The van der Waals surface area contributed by atoms with E-state index >= 15 is 0 Å². The van der Waals surface area contributed by atoms with Gasteiger partial charge in [-0.3, -0.25) is 4.79 Å². The maximum Gasteiger partial charge on any atom is 0.246 e. The van der Waals surface area contributed by atoms with E-state index in [0.717, 1.165) is 24.6 Å². The summed E-state index contributed by atoms with van der Waals surface area (Å²) < 4.78 is 4.83. The Morgan fingerprint density at radius 3 is 2.76 bits per heavy atom. The zero-order chi connectivity index (χ0) is 15.2. The summed E-state index contributed by atoms with van der Waals surface area (Å²) in [5.74, 6) is 0.685. The Labute approximate surface area is 127 Å². The Morgan fingerprint density at radius 2 is 2.14 bits per heavy atom. The molecule has 2 atom stereocenters. The maximum absolute atomic E-state index is 11.5. The standard InChI is InChI=1S/C17H26N2O2/c1-13-5-4-10-19(11-13)16-8-6-15(7-9-16)14(2)18-17(20)12-21-3/h6-9,13-14H,4-5,10-12H2,1-3H3,(H,18,20)/t13-,14+/m1/s1. The van der Waals surface area contributed by atoms with Crippen LogP contribution in [-0.2, 0) is 9.53 Å². The highest BCUT2D eigenvalue weighted by Gasteiger charge is 2.17. The van der Waals surface area contributed by atoms with Gasteiger partial charge in [0.1, 0.15) is 6.61 Å². The molecule has 4 nitrogen and oxygen atoms in total. The number of ether oxygens (including phenoxy) is 1. The minimum Gasteiger partial charge on any atom is -0.375 e. The largest absolute Gasteiger partial charge is 0.375 e. The summed E-state index contributed by atoms with van der Waals surface area (Å²) in [4.78, 5) is 14.0. The van der Waals surface area contributed by atoms with Gasteiger partial charge in [-0.25, -0.2) is 0 Å². The van der Waals surface area contributed by atoms with Crippen molar-refractivity contribution in [1.29, 1.82) is 0 Å². The lowest BCUT2D eigenvalue weighted by Gasteiger charge is -2.33. The van der Waals surface area contributed by atoms with E-state index in [4.69, 9.17) is 4.74 Å². The zero-order valence-corrected chi connectivity index (χ0v) is 13.3. The van der Waals surface area contributed by atoms with Crippen molar-refractivity contribution in [3.05, 3.63) is 29.8 Å². The van der Waals surface area contributed by atoms with E-state index in [9.17, 15) is 4.79 Å². The second kappa shape index (κ2) is 7.46. The van der Waals surface area contributed by atoms with Crippen LogP contribution in [-0.4, -0.2) is 32.7 Å². The van der Waals surface area contributed by atoms with Crippen molar-refractivity contribution in [3.63, 3.8) is 0 Å². The van der Waals surface area contributed by atoms with Crippen molar-refractivity contribution in [3.8, 4) is 0 Å². The topological polar surface area (TPSA) is 41.6 Å². The molecular weight excluding hydrogens is 264 g/mol. The maximum atomic E-state index is 11.5. The molecule has 116 valence electrons. The van der Waals surface area contributed by atoms with Crippen molar-refractivity contribution in [1.82, 2.24) is 5.32 Å². The minimum absolute atomic E-state index is 0.00183. The number of rotatable bonds is 5. The van der Waals surface area contributed by atoms with Gasteiger partial charge in [-0.1, -0.05) is 19.1 Å². The molecular formula is C17H26N2O2. The predicted molar refractivity (Wildman–Crippen MR) is 85.5 cm³/mol. The number of methoxy groups -OCH3 is 1. The van der Waals surface area contributed by atoms with Crippen molar-refractivity contribution < 1.29 is 9.53 Å². The third kappa shape index (κ3) is 4.46. The Bertz CT molecular complexity index is 458. The fourth-order valence-electron chi connectivity index (χ4n) is 2.90. The quantitative estimate of drug-likeness (QED) is 0.906. The number of carbonyl (C=O) groups excluding carboxylic acids is 1. The van der Waals surface area contributed by atoms with E-state index in [0.29, 0.717) is 0 Å². The van der Waals surface area contributed by atoms with Crippen LogP contribution in [0.4, 0.5) is 5.69 Å². The SMILES string of the molecule is COCC(=O)N[C@@H](C)c1ccc(N2CCC[C@@H](C)C2)cc1. The first-order valence-electron chi connectivity index (χ1n) is 7.73. The van der Waals surface area contributed by atoms with E-state index in [2.05, 4.69) is 41.4 Å². The molecule has 0 spiro atoms. The Morgan fingerprint density at radius 1 is 1.43 bits per heavy atom. The van der Waals surface area contributed by atoms with Crippen molar-refractivity contribution in [2.75, 3.05) is 31.7 Å². The molecule has 0 aromatic heterocycles. The Hall–Kier alpha value is -1.55. The molecule has 0 unspecified atom stereocenters. The summed E-state index contributed by atoms with van der Waals surface area (Å²) in [5, 5.41) is 2.93. The van der Waals surface area contributed by atoms with Gasteiger partial charge in [0.15, 0.2) is 0 Å². The number of hydrogen-bond donors (Lipinski definition) is 1. The van der Waals surface area contributed by atoms with Gasteiger partial charge < -0.3 is 15.0 Å². The molecule has 21 heavy (non-hydrogen) atoms. The van der Waals surface area contributed by atoms with Gasteiger partial charge in [-0.15, -0.1) is 0 Å². The van der Waals surface area contributed by atoms with Gasteiger partial charge in [0.2, 0.25) is 5.91 Å². The molecule has 0 radical (unpaired) electrons. The predicted octanol–water partition coefficient (Wildman–Crippen LogP) is 2.75. The number of benzene rings is 1. The number of nitrogens with one attached hydrogen (secondary N) is 1. The molecule has 1 saturated heterocycles. The number of piperidine rings is 1. The number of nitrogens with zero attached hydrogens (tertiary/aromatic N) is 1. The number of carbonyl (C=O) groups is 1. The second-order valence-electron chi connectivity index (χ2n) is 6.01. The van der Waals surface area contributed by atoms with Crippen LogP contribution in [0, 0.1) is 5.92 Å². The summed E-state index contributed by atoms with van der Waals surface area (Å²) in [6.45, 7) is 6.69. The molecule has 1 aromatic rings. The average Bonchev–Trinajstić information content (AvgIpc) is 2.47. The monoisotopic (exact) mass is 290 g/mol. The van der Waals surface area contributed by atoms with Gasteiger partial charge in [0.25, 0.3) is 0 Å². The highest BCUT2D eigenvalue weighted by molar-refractivity contribution is 5.77. The minimum atomic E-state index is -0.0843. The molecule has 1 aliphatic heterocycles. The average molecular weight is 290 g/mol. The number of amides is 1. The van der Waals surface area contributed by atoms with Crippen LogP contribution < -0.4 is 10.2 Å². The van der Waals surface area contributed by atoms with Gasteiger partial charge in [0, 0.05) is 25.9 Å². The molecule has 1 amide bonds. The first-order chi connectivity index (χ1) is 10.1. The fourth-order valence-corrected chi connectivity index (χ4v) is 2.90. The highest BCUT2D eigenvalue weighted by Crippen LogP contribution is 2.24. The van der Waals surface area contributed by atoms with Crippen LogP contribution in [0.2, 0.25) is 0 Å². The van der Waals surface area contributed by atoms with Gasteiger partial charge in [0.05, 0.1) is 6.04 Å². The molecule has 1 heterocycles. The first kappa shape index (κ1) is 15.8. The van der Waals surface area contributed by atoms with Crippen molar-refractivity contribution in [2.24, 2.45) is 5.92 Å². The van der Waals surface area contributed by atoms with Crippen LogP contribution >= 0.6 is 0 Å². The lowest BCUT2D eigenvalue weighted by Crippen LogP contribution is -2.34. The normalized spacial score (nSPS) is 20.1. The Balaban J connectivity index is 1.96. The van der Waals surface area contributed by atoms with Crippen LogP contribution in [0.1, 0.15) is 38.3 Å². The van der Waals surface area contributed by atoms with Gasteiger partial charge in [-0.2, -0.15) is 0 Å². The van der Waals surface area contributed by atoms with Gasteiger partial charge >= 0.3 is 0 Å². The molecule has 4 heteroatoms. The second-order valence-corrected chi connectivity index (χ2v) is 6.01. The van der Waals surface area contributed by atoms with Crippen molar-refractivity contribution >= 4 is 11.6 Å². The number of anilines is 1. The van der Waals surface area contributed by atoms with E-state index in [-0.39, 0.29) is 18.6 Å². The summed E-state index contributed by atoms with van der Waals surface area (Å²) in [6, 6.07) is 8.53. The van der Waals surface area contributed by atoms with E-state index < -0.39 is 0 Å². The number of hydrogen-bond acceptors (Lipinski definition) is 3. The smallest absolute Gasteiger partial charge is 0.246 e. The van der Waals surface area contributed by atoms with E-state index in [1.807, 2.05) is 6.92 Å². The first-order valence-corrected chi connectivity index (χ1v) is 7.73. The molecule has 0 aliphatic carbocycles.